The maximum absolute atomic E-state index is 5.53. The van der Waals surface area contributed by atoms with Gasteiger partial charge in [0.25, 0.3) is 0 Å². The molecule has 1 unspecified atom stereocenters. The lowest BCUT2D eigenvalue weighted by molar-refractivity contribution is 0.379. The molecular formula is C14H24N2O2. The minimum absolute atomic E-state index is 0.226. The summed E-state index contributed by atoms with van der Waals surface area (Å²) >= 11 is 0. The van der Waals surface area contributed by atoms with Crippen molar-refractivity contribution in [2.24, 2.45) is 0 Å². The first-order valence-electron chi connectivity index (χ1n) is 6.29. The number of likely N-dealkylation sites (N-methyl/N-ethyl adjacent to an activating group) is 2. The fraction of sp³-hybridized carbons (Fsp3) is 0.571. The number of methoxy groups -OCH3 is 2. The van der Waals surface area contributed by atoms with Crippen molar-refractivity contribution >= 4 is 0 Å². The number of hydrogen-bond donors (Lipinski definition) is 2. The number of hydrogen-bond acceptors (Lipinski definition) is 4. The summed E-state index contributed by atoms with van der Waals surface area (Å²) in [5, 5.41) is 6.66. The van der Waals surface area contributed by atoms with Crippen molar-refractivity contribution in [2.45, 2.75) is 19.9 Å². The van der Waals surface area contributed by atoms with E-state index in [1.54, 1.807) is 14.2 Å². The fourth-order valence-corrected chi connectivity index (χ4v) is 2.12. The molecule has 0 radical (unpaired) electrons. The summed E-state index contributed by atoms with van der Waals surface area (Å²) in [7, 11) is 5.34. The number of benzene rings is 1. The molecule has 2 N–H and O–H groups in total. The van der Waals surface area contributed by atoms with Gasteiger partial charge in [0.1, 0.15) is 11.5 Å². The highest BCUT2D eigenvalue weighted by Gasteiger charge is 2.17. The quantitative estimate of drug-likeness (QED) is 0.777. The summed E-state index contributed by atoms with van der Waals surface area (Å²) in [6.45, 7) is 5.94. The van der Waals surface area contributed by atoms with Crippen molar-refractivity contribution in [1.82, 2.24) is 10.6 Å². The second-order valence-corrected chi connectivity index (χ2v) is 4.16. The Morgan fingerprint density at radius 3 is 2.44 bits per heavy atom. The van der Waals surface area contributed by atoms with Crippen molar-refractivity contribution < 1.29 is 9.47 Å². The Labute approximate surface area is 110 Å². The number of nitrogens with one attached hydrogen (secondary N) is 2. The van der Waals surface area contributed by atoms with Gasteiger partial charge in [-0.3, -0.25) is 0 Å². The molecule has 1 aromatic carbocycles. The second-order valence-electron chi connectivity index (χ2n) is 4.16. The highest BCUT2D eigenvalue weighted by molar-refractivity contribution is 5.50. The molecule has 0 aliphatic rings. The zero-order valence-electron chi connectivity index (χ0n) is 12.0. The zero-order chi connectivity index (χ0) is 13.5. The van der Waals surface area contributed by atoms with Gasteiger partial charge in [-0.2, -0.15) is 0 Å². The van der Waals surface area contributed by atoms with Crippen LogP contribution in [0.15, 0.2) is 12.1 Å². The van der Waals surface area contributed by atoms with E-state index in [-0.39, 0.29) is 6.04 Å². The molecule has 0 spiro atoms. The molecule has 4 nitrogen and oxygen atoms in total. The van der Waals surface area contributed by atoms with E-state index in [4.69, 9.17) is 9.47 Å². The summed E-state index contributed by atoms with van der Waals surface area (Å²) < 4.78 is 10.9. The molecule has 1 rings (SSSR count). The molecule has 0 aromatic heterocycles. The van der Waals surface area contributed by atoms with E-state index in [0.29, 0.717) is 0 Å². The van der Waals surface area contributed by atoms with Crippen LogP contribution in [0.4, 0.5) is 0 Å². The molecule has 18 heavy (non-hydrogen) atoms. The molecule has 1 atom stereocenters. The van der Waals surface area contributed by atoms with Crippen LogP contribution in [0.1, 0.15) is 24.1 Å². The van der Waals surface area contributed by atoms with E-state index in [2.05, 4.69) is 23.6 Å². The van der Waals surface area contributed by atoms with Gasteiger partial charge in [0.2, 0.25) is 0 Å². The molecule has 0 aliphatic carbocycles. The van der Waals surface area contributed by atoms with Crippen molar-refractivity contribution in [3.05, 3.63) is 23.3 Å². The van der Waals surface area contributed by atoms with Crippen LogP contribution in [-0.4, -0.2) is 34.4 Å². The van der Waals surface area contributed by atoms with Crippen LogP contribution < -0.4 is 20.1 Å². The Bertz CT molecular complexity index is 380. The average Bonchev–Trinajstić information content (AvgIpc) is 2.40. The van der Waals surface area contributed by atoms with Crippen LogP contribution >= 0.6 is 0 Å². The molecule has 0 bridgehead atoms. The lowest BCUT2D eigenvalue weighted by Gasteiger charge is -2.22. The Morgan fingerprint density at radius 1 is 1.22 bits per heavy atom. The largest absolute Gasteiger partial charge is 0.496 e. The summed E-state index contributed by atoms with van der Waals surface area (Å²) in [5.74, 6) is 1.75. The lowest BCUT2D eigenvalue weighted by Crippen LogP contribution is -2.29. The van der Waals surface area contributed by atoms with Crippen LogP contribution in [0.5, 0.6) is 11.5 Å². The molecular weight excluding hydrogens is 228 g/mol. The van der Waals surface area contributed by atoms with Crippen molar-refractivity contribution in [2.75, 3.05) is 34.4 Å². The standard InChI is InChI=1S/C14H24N2O2/c1-6-16-9-12(15-3)11-7-8-13(17-4)10(2)14(11)18-5/h7-8,12,15-16H,6,9H2,1-5H3. The van der Waals surface area contributed by atoms with Crippen LogP contribution in [-0.2, 0) is 0 Å². The molecule has 0 fully saturated rings. The highest BCUT2D eigenvalue weighted by atomic mass is 16.5. The van der Waals surface area contributed by atoms with Gasteiger partial charge in [0.15, 0.2) is 0 Å². The molecule has 0 saturated carbocycles. The minimum atomic E-state index is 0.226. The predicted molar refractivity (Wildman–Crippen MR) is 74.6 cm³/mol. The van der Waals surface area contributed by atoms with Crippen LogP contribution in [0.25, 0.3) is 0 Å². The topological polar surface area (TPSA) is 42.5 Å². The lowest BCUT2D eigenvalue weighted by atomic mass is 10.0. The summed E-state index contributed by atoms with van der Waals surface area (Å²) in [5.41, 5.74) is 2.19. The van der Waals surface area contributed by atoms with E-state index >= 15 is 0 Å². The predicted octanol–water partition coefficient (Wildman–Crippen LogP) is 1.88. The van der Waals surface area contributed by atoms with Gasteiger partial charge < -0.3 is 20.1 Å². The first-order valence-corrected chi connectivity index (χ1v) is 6.29. The average molecular weight is 252 g/mol. The molecule has 0 heterocycles. The van der Waals surface area contributed by atoms with Crippen molar-refractivity contribution in [3.8, 4) is 11.5 Å². The van der Waals surface area contributed by atoms with Gasteiger partial charge in [-0.05, 0) is 32.6 Å². The number of rotatable bonds is 7. The summed E-state index contributed by atoms with van der Waals surface area (Å²) in [6.07, 6.45) is 0. The molecule has 1 aromatic rings. The van der Waals surface area contributed by atoms with Gasteiger partial charge in [0.05, 0.1) is 14.2 Å². The van der Waals surface area contributed by atoms with E-state index < -0.39 is 0 Å². The molecule has 0 saturated heterocycles. The van der Waals surface area contributed by atoms with Gasteiger partial charge in [-0.15, -0.1) is 0 Å². The zero-order valence-corrected chi connectivity index (χ0v) is 12.0. The normalized spacial score (nSPS) is 12.3. The van der Waals surface area contributed by atoms with Gasteiger partial charge in [-0.25, -0.2) is 0 Å². The fourth-order valence-electron chi connectivity index (χ4n) is 2.12. The number of ether oxygens (including phenoxy) is 2. The minimum Gasteiger partial charge on any atom is -0.496 e. The van der Waals surface area contributed by atoms with Gasteiger partial charge >= 0.3 is 0 Å². The van der Waals surface area contributed by atoms with Gasteiger partial charge in [0, 0.05) is 23.7 Å². The molecule has 102 valence electrons. The Hall–Kier alpha value is -1.26. The van der Waals surface area contributed by atoms with E-state index in [1.165, 1.54) is 0 Å². The highest BCUT2D eigenvalue weighted by Crippen LogP contribution is 2.34. The first kappa shape index (κ1) is 14.8. The Morgan fingerprint density at radius 2 is 1.94 bits per heavy atom. The first-order chi connectivity index (χ1) is 8.69. The van der Waals surface area contributed by atoms with E-state index in [1.807, 2.05) is 20.0 Å². The van der Waals surface area contributed by atoms with Crippen LogP contribution in [0.2, 0.25) is 0 Å². The van der Waals surface area contributed by atoms with Gasteiger partial charge in [-0.1, -0.05) is 6.92 Å². The van der Waals surface area contributed by atoms with E-state index in [9.17, 15) is 0 Å². The smallest absolute Gasteiger partial charge is 0.130 e. The maximum Gasteiger partial charge on any atom is 0.130 e. The second kappa shape index (κ2) is 7.24. The SMILES string of the molecule is CCNCC(NC)c1ccc(OC)c(C)c1OC. The Balaban J connectivity index is 3.10. The third kappa shape index (κ3) is 3.15. The summed E-state index contributed by atoms with van der Waals surface area (Å²) in [4.78, 5) is 0. The van der Waals surface area contributed by atoms with Crippen molar-refractivity contribution in [3.63, 3.8) is 0 Å². The Kier molecular flexibility index (Phi) is 5.95. The monoisotopic (exact) mass is 252 g/mol. The van der Waals surface area contributed by atoms with E-state index in [0.717, 1.165) is 35.7 Å². The summed E-state index contributed by atoms with van der Waals surface area (Å²) in [6, 6.07) is 4.27. The van der Waals surface area contributed by atoms with Crippen molar-refractivity contribution in [1.29, 1.82) is 0 Å². The molecule has 4 heteroatoms. The molecule has 0 amide bonds. The van der Waals surface area contributed by atoms with Crippen LogP contribution in [0.3, 0.4) is 0 Å². The third-order valence-electron chi connectivity index (χ3n) is 3.13. The third-order valence-corrected chi connectivity index (χ3v) is 3.13. The maximum atomic E-state index is 5.53. The van der Waals surface area contributed by atoms with Crippen LogP contribution in [0, 0.1) is 6.92 Å². The molecule has 0 aliphatic heterocycles.